The van der Waals surface area contributed by atoms with E-state index in [2.05, 4.69) is 15.1 Å². The van der Waals surface area contributed by atoms with Crippen LogP contribution in [-0.4, -0.2) is 37.2 Å². The van der Waals surface area contributed by atoms with Crippen LogP contribution in [0, 0.1) is 10.1 Å². The van der Waals surface area contributed by atoms with E-state index in [-0.39, 0.29) is 23.8 Å². The maximum atomic E-state index is 11.4. The summed E-state index contributed by atoms with van der Waals surface area (Å²) in [5.41, 5.74) is 0.0327. The molecule has 19 heavy (non-hydrogen) atoms. The molecule has 0 radical (unpaired) electrons. The van der Waals surface area contributed by atoms with Crippen molar-refractivity contribution in [3.8, 4) is 5.95 Å². The minimum Gasteiger partial charge on any atom is -0.462 e. The van der Waals surface area contributed by atoms with Gasteiger partial charge in [-0.25, -0.2) is 19.4 Å². The Balaban J connectivity index is 2.23. The average molecular weight is 263 g/mol. The largest absolute Gasteiger partial charge is 0.462 e. The molecule has 0 aliphatic heterocycles. The molecule has 2 aromatic rings. The third-order valence-electron chi connectivity index (χ3n) is 2.13. The molecule has 98 valence electrons. The number of carbonyl (C=O) groups is 1. The lowest BCUT2D eigenvalue weighted by molar-refractivity contribution is -0.385. The topological polar surface area (TPSA) is 113 Å². The number of carbonyl (C=O) groups excluding carboxylic acids is 1. The van der Waals surface area contributed by atoms with Crippen LogP contribution in [0.15, 0.2) is 24.8 Å². The summed E-state index contributed by atoms with van der Waals surface area (Å²) in [6.07, 6.45) is 4.82. The first-order valence-corrected chi connectivity index (χ1v) is 5.30. The molecule has 0 fully saturated rings. The second-order valence-electron chi connectivity index (χ2n) is 3.39. The zero-order valence-electron chi connectivity index (χ0n) is 9.89. The monoisotopic (exact) mass is 263 g/mol. The molecule has 0 aliphatic rings. The highest BCUT2D eigenvalue weighted by Gasteiger charge is 2.12. The van der Waals surface area contributed by atoms with Gasteiger partial charge in [0.1, 0.15) is 12.4 Å². The first-order valence-electron chi connectivity index (χ1n) is 5.30. The van der Waals surface area contributed by atoms with Gasteiger partial charge >= 0.3 is 11.7 Å². The fourth-order valence-corrected chi connectivity index (χ4v) is 1.28. The van der Waals surface area contributed by atoms with Crippen molar-refractivity contribution in [2.24, 2.45) is 0 Å². The maximum Gasteiger partial charge on any atom is 0.341 e. The molecule has 0 spiro atoms. The van der Waals surface area contributed by atoms with E-state index in [4.69, 9.17) is 4.74 Å². The molecule has 2 heterocycles. The molecule has 2 aromatic heterocycles. The number of esters is 1. The highest BCUT2D eigenvalue weighted by atomic mass is 16.6. The van der Waals surface area contributed by atoms with Crippen molar-refractivity contribution in [3.63, 3.8) is 0 Å². The van der Waals surface area contributed by atoms with E-state index in [9.17, 15) is 14.9 Å². The SMILES string of the molecule is CCOC(=O)c1cnn(-c2ncc([N+](=O)[O-])cn2)c1. The van der Waals surface area contributed by atoms with Crippen molar-refractivity contribution < 1.29 is 14.5 Å². The minimum atomic E-state index is -0.600. The van der Waals surface area contributed by atoms with E-state index in [1.54, 1.807) is 6.92 Å². The normalized spacial score (nSPS) is 10.2. The van der Waals surface area contributed by atoms with Gasteiger partial charge in [0.25, 0.3) is 5.95 Å². The number of nitro groups is 1. The van der Waals surface area contributed by atoms with Crippen molar-refractivity contribution in [1.29, 1.82) is 0 Å². The Morgan fingerprint density at radius 1 is 1.42 bits per heavy atom. The Morgan fingerprint density at radius 2 is 2.11 bits per heavy atom. The highest BCUT2D eigenvalue weighted by Crippen LogP contribution is 2.09. The van der Waals surface area contributed by atoms with Crippen molar-refractivity contribution in [3.05, 3.63) is 40.5 Å². The molecule has 9 heteroatoms. The molecule has 0 saturated carbocycles. The summed E-state index contributed by atoms with van der Waals surface area (Å²) in [6, 6.07) is 0. The number of ether oxygens (including phenoxy) is 1. The predicted molar refractivity (Wildman–Crippen MR) is 61.8 cm³/mol. The molecule has 0 amide bonds. The molecule has 9 nitrogen and oxygen atoms in total. The lowest BCUT2D eigenvalue weighted by Crippen LogP contribution is -2.04. The average Bonchev–Trinajstić information content (AvgIpc) is 2.89. The lowest BCUT2D eigenvalue weighted by Gasteiger charge is -1.98. The van der Waals surface area contributed by atoms with Gasteiger partial charge in [0.2, 0.25) is 0 Å². The number of hydrogen-bond acceptors (Lipinski definition) is 7. The smallest absolute Gasteiger partial charge is 0.341 e. The van der Waals surface area contributed by atoms with Gasteiger partial charge < -0.3 is 4.74 Å². The standard InChI is InChI=1S/C10H9N5O4/c1-2-19-9(16)7-3-13-14(6-7)10-11-4-8(5-12-10)15(17)18/h3-6H,2H2,1H3. The number of hydrogen-bond donors (Lipinski definition) is 0. The Bertz CT molecular complexity index is 607. The van der Waals surface area contributed by atoms with Crippen LogP contribution in [0.4, 0.5) is 5.69 Å². The van der Waals surface area contributed by atoms with Crippen molar-refractivity contribution in [2.45, 2.75) is 6.92 Å². The molecular weight excluding hydrogens is 254 g/mol. The van der Waals surface area contributed by atoms with E-state index >= 15 is 0 Å². The Morgan fingerprint density at radius 3 is 2.68 bits per heavy atom. The van der Waals surface area contributed by atoms with Gasteiger partial charge in [-0.15, -0.1) is 0 Å². The molecule has 0 atom stereocenters. The summed E-state index contributed by atoms with van der Waals surface area (Å²) in [7, 11) is 0. The highest BCUT2D eigenvalue weighted by molar-refractivity contribution is 5.88. The van der Waals surface area contributed by atoms with Gasteiger partial charge in [-0.1, -0.05) is 0 Å². The summed E-state index contributed by atoms with van der Waals surface area (Å²) >= 11 is 0. The molecule has 2 rings (SSSR count). The Hall–Kier alpha value is -2.84. The van der Waals surface area contributed by atoms with Gasteiger partial charge in [-0.2, -0.15) is 5.10 Å². The minimum absolute atomic E-state index is 0.126. The van der Waals surface area contributed by atoms with Gasteiger partial charge in [-0.3, -0.25) is 10.1 Å². The van der Waals surface area contributed by atoms with Crippen LogP contribution >= 0.6 is 0 Å². The van der Waals surface area contributed by atoms with Crippen LogP contribution in [0.25, 0.3) is 5.95 Å². The lowest BCUT2D eigenvalue weighted by atomic mass is 10.4. The zero-order chi connectivity index (χ0) is 13.8. The molecule has 0 N–H and O–H groups in total. The quantitative estimate of drug-likeness (QED) is 0.454. The Kier molecular flexibility index (Phi) is 3.46. The van der Waals surface area contributed by atoms with E-state index < -0.39 is 10.9 Å². The molecule has 0 unspecified atom stereocenters. The summed E-state index contributed by atoms with van der Waals surface area (Å²) < 4.78 is 6.04. The van der Waals surface area contributed by atoms with E-state index in [0.717, 1.165) is 12.4 Å². The zero-order valence-corrected chi connectivity index (χ0v) is 9.89. The fraction of sp³-hybridized carbons (Fsp3) is 0.200. The van der Waals surface area contributed by atoms with Crippen LogP contribution in [0.2, 0.25) is 0 Å². The van der Waals surface area contributed by atoms with Gasteiger partial charge in [0, 0.05) is 6.20 Å². The molecule has 0 saturated heterocycles. The molecule has 0 aromatic carbocycles. The molecule has 0 bridgehead atoms. The maximum absolute atomic E-state index is 11.4. The summed E-state index contributed by atoms with van der Waals surface area (Å²) in [5.74, 6) is -0.378. The van der Waals surface area contributed by atoms with Crippen LogP contribution in [-0.2, 0) is 4.74 Å². The first-order chi connectivity index (χ1) is 9.11. The van der Waals surface area contributed by atoms with E-state index in [1.807, 2.05) is 0 Å². The number of nitrogens with zero attached hydrogens (tertiary/aromatic N) is 5. The number of rotatable bonds is 4. The van der Waals surface area contributed by atoms with E-state index in [1.165, 1.54) is 17.1 Å². The van der Waals surface area contributed by atoms with Crippen LogP contribution < -0.4 is 0 Å². The third kappa shape index (κ3) is 2.70. The van der Waals surface area contributed by atoms with Gasteiger partial charge in [-0.05, 0) is 6.92 Å². The van der Waals surface area contributed by atoms with Crippen molar-refractivity contribution in [2.75, 3.05) is 6.61 Å². The van der Waals surface area contributed by atoms with Crippen molar-refractivity contribution in [1.82, 2.24) is 19.7 Å². The van der Waals surface area contributed by atoms with Crippen LogP contribution in [0.5, 0.6) is 0 Å². The summed E-state index contributed by atoms with van der Waals surface area (Å²) in [5, 5.41) is 14.3. The van der Waals surface area contributed by atoms with Crippen LogP contribution in [0.3, 0.4) is 0 Å². The second-order valence-corrected chi connectivity index (χ2v) is 3.39. The van der Waals surface area contributed by atoms with Crippen LogP contribution in [0.1, 0.15) is 17.3 Å². The van der Waals surface area contributed by atoms with Crippen molar-refractivity contribution >= 4 is 11.7 Å². The third-order valence-corrected chi connectivity index (χ3v) is 2.13. The molecule has 0 aliphatic carbocycles. The fourth-order valence-electron chi connectivity index (χ4n) is 1.28. The number of aromatic nitrogens is 4. The van der Waals surface area contributed by atoms with Gasteiger partial charge in [0.15, 0.2) is 0 Å². The van der Waals surface area contributed by atoms with Gasteiger partial charge in [0.05, 0.1) is 23.3 Å². The first kappa shape index (κ1) is 12.6. The predicted octanol–water partition coefficient (Wildman–Crippen LogP) is 0.747. The summed E-state index contributed by atoms with van der Waals surface area (Å²) in [4.78, 5) is 28.9. The van der Waals surface area contributed by atoms with E-state index in [0.29, 0.717) is 0 Å². The molecular formula is C10H9N5O4. The summed E-state index contributed by atoms with van der Waals surface area (Å²) in [6.45, 7) is 1.96. The second kappa shape index (κ2) is 5.21. The Labute approximate surface area is 107 Å².